The van der Waals surface area contributed by atoms with Crippen LogP contribution in [0.5, 0.6) is 0 Å². The number of rotatable bonds is 4. The second-order valence-electron chi connectivity index (χ2n) is 3.62. The Bertz CT molecular complexity index is 392. The number of ether oxygens (including phenoxy) is 1. The number of halogens is 1. The van der Waals surface area contributed by atoms with Gasteiger partial charge in [-0.2, -0.15) is 0 Å². The second kappa shape index (κ2) is 5.46. The van der Waals surface area contributed by atoms with Crippen molar-refractivity contribution in [3.63, 3.8) is 0 Å². The third kappa shape index (κ3) is 2.93. The fraction of sp³-hybridized carbons (Fsp3) is 0.364. The summed E-state index contributed by atoms with van der Waals surface area (Å²) in [5.41, 5.74) is 5.80. The predicted molar refractivity (Wildman–Crippen MR) is 58.8 cm³/mol. The van der Waals surface area contributed by atoms with E-state index < -0.39 is 5.82 Å². The molecule has 0 atom stereocenters. The highest BCUT2D eigenvalue weighted by atomic mass is 19.1. The molecule has 16 heavy (non-hydrogen) atoms. The van der Waals surface area contributed by atoms with Crippen LogP contribution in [0.1, 0.15) is 25.0 Å². The Morgan fingerprint density at radius 3 is 2.81 bits per heavy atom. The van der Waals surface area contributed by atoms with Gasteiger partial charge < -0.3 is 15.7 Å². The van der Waals surface area contributed by atoms with Gasteiger partial charge in [0.1, 0.15) is 5.82 Å². The van der Waals surface area contributed by atoms with Crippen molar-refractivity contribution >= 4 is 5.84 Å². The first-order valence-electron chi connectivity index (χ1n) is 4.93. The molecular weight excluding hydrogens is 211 g/mol. The Kier molecular flexibility index (Phi) is 4.25. The van der Waals surface area contributed by atoms with Crippen molar-refractivity contribution in [3.05, 3.63) is 35.1 Å². The van der Waals surface area contributed by atoms with E-state index in [2.05, 4.69) is 5.16 Å². The number of benzene rings is 1. The Morgan fingerprint density at radius 2 is 2.25 bits per heavy atom. The van der Waals surface area contributed by atoms with E-state index in [4.69, 9.17) is 15.7 Å². The number of nitrogens with zero attached hydrogens (tertiary/aromatic N) is 1. The molecule has 0 unspecified atom stereocenters. The maximum absolute atomic E-state index is 13.8. The number of amidine groups is 1. The second-order valence-corrected chi connectivity index (χ2v) is 3.62. The van der Waals surface area contributed by atoms with Crippen LogP contribution in [0, 0.1) is 5.82 Å². The topological polar surface area (TPSA) is 67.8 Å². The van der Waals surface area contributed by atoms with Gasteiger partial charge >= 0.3 is 0 Å². The molecule has 3 N–H and O–H groups in total. The zero-order valence-corrected chi connectivity index (χ0v) is 9.27. The van der Waals surface area contributed by atoms with Crippen molar-refractivity contribution in [1.82, 2.24) is 0 Å². The average molecular weight is 226 g/mol. The third-order valence-electron chi connectivity index (χ3n) is 2.03. The average Bonchev–Trinajstić information content (AvgIpc) is 2.26. The summed E-state index contributed by atoms with van der Waals surface area (Å²) in [6, 6.07) is 4.69. The molecule has 0 saturated heterocycles. The lowest BCUT2D eigenvalue weighted by Gasteiger charge is -2.10. The molecule has 0 fully saturated rings. The molecule has 0 saturated carbocycles. The minimum absolute atomic E-state index is 0.0203. The summed E-state index contributed by atoms with van der Waals surface area (Å²) in [5, 5.41) is 11.3. The Labute approximate surface area is 93.5 Å². The quantitative estimate of drug-likeness (QED) is 0.356. The van der Waals surface area contributed by atoms with Crippen LogP contribution in [-0.4, -0.2) is 17.1 Å². The molecule has 0 aliphatic carbocycles. The van der Waals surface area contributed by atoms with Gasteiger partial charge in [-0.3, -0.25) is 0 Å². The molecule has 0 spiro atoms. The highest BCUT2D eigenvalue weighted by molar-refractivity contribution is 5.97. The van der Waals surface area contributed by atoms with E-state index in [-0.39, 0.29) is 24.1 Å². The fourth-order valence-electron chi connectivity index (χ4n) is 1.20. The van der Waals surface area contributed by atoms with Crippen molar-refractivity contribution in [2.45, 2.75) is 26.6 Å². The van der Waals surface area contributed by atoms with Crippen molar-refractivity contribution in [3.8, 4) is 0 Å². The summed E-state index contributed by atoms with van der Waals surface area (Å²) in [5.74, 6) is -0.762. The molecule has 0 aliphatic heterocycles. The van der Waals surface area contributed by atoms with Crippen LogP contribution in [-0.2, 0) is 11.3 Å². The number of hydrogen-bond donors (Lipinski definition) is 2. The first-order valence-corrected chi connectivity index (χ1v) is 4.93. The molecule has 0 heterocycles. The van der Waals surface area contributed by atoms with Crippen LogP contribution in [0.2, 0.25) is 0 Å². The molecule has 0 aliphatic rings. The lowest BCUT2D eigenvalue weighted by Crippen LogP contribution is -2.16. The number of oxime groups is 1. The minimum atomic E-state index is -0.515. The third-order valence-corrected chi connectivity index (χ3v) is 2.03. The molecule has 1 aromatic rings. The standard InChI is InChI=1S/C11H15FN2O2/c1-7(2)16-6-8-4-3-5-9(10(8)12)11(13)14-15/h3-5,7,15H,6H2,1-2H3,(H2,13,14). The van der Waals surface area contributed by atoms with E-state index in [1.165, 1.54) is 6.07 Å². The summed E-state index contributed by atoms with van der Waals surface area (Å²) >= 11 is 0. The van der Waals surface area contributed by atoms with Crippen molar-refractivity contribution in [2.75, 3.05) is 0 Å². The summed E-state index contributed by atoms with van der Waals surface area (Å²) < 4.78 is 19.1. The van der Waals surface area contributed by atoms with Gasteiger partial charge in [-0.25, -0.2) is 4.39 Å². The Hall–Kier alpha value is -1.62. The maximum Gasteiger partial charge on any atom is 0.173 e. The summed E-state index contributed by atoms with van der Waals surface area (Å²) in [6.45, 7) is 3.90. The first-order chi connectivity index (χ1) is 7.56. The number of nitrogens with two attached hydrogens (primary N) is 1. The van der Waals surface area contributed by atoms with Crippen LogP contribution in [0.3, 0.4) is 0 Å². The normalized spacial score (nSPS) is 12.1. The van der Waals surface area contributed by atoms with Crippen LogP contribution in [0.15, 0.2) is 23.4 Å². The van der Waals surface area contributed by atoms with Crippen molar-refractivity contribution in [2.24, 2.45) is 10.9 Å². The molecular formula is C11H15FN2O2. The Balaban J connectivity index is 2.95. The van der Waals surface area contributed by atoms with Gasteiger partial charge in [-0.15, -0.1) is 0 Å². The first kappa shape index (κ1) is 12.4. The van der Waals surface area contributed by atoms with Gasteiger partial charge in [0.2, 0.25) is 0 Å². The molecule has 0 bridgehead atoms. The largest absolute Gasteiger partial charge is 0.409 e. The molecule has 4 nitrogen and oxygen atoms in total. The molecule has 0 aromatic heterocycles. The zero-order valence-electron chi connectivity index (χ0n) is 9.27. The van der Waals surface area contributed by atoms with E-state index in [1.54, 1.807) is 12.1 Å². The van der Waals surface area contributed by atoms with E-state index in [1.807, 2.05) is 13.8 Å². The van der Waals surface area contributed by atoms with Crippen LogP contribution >= 0.6 is 0 Å². The lowest BCUT2D eigenvalue weighted by atomic mass is 10.1. The van der Waals surface area contributed by atoms with Crippen LogP contribution in [0.25, 0.3) is 0 Å². The SMILES string of the molecule is CC(C)OCc1cccc(/C(N)=N/O)c1F. The van der Waals surface area contributed by atoms with E-state index in [9.17, 15) is 4.39 Å². The lowest BCUT2D eigenvalue weighted by molar-refractivity contribution is 0.0639. The summed E-state index contributed by atoms with van der Waals surface area (Å²) in [7, 11) is 0. The van der Waals surface area contributed by atoms with Gasteiger partial charge in [-0.05, 0) is 19.9 Å². The van der Waals surface area contributed by atoms with Gasteiger partial charge in [0.15, 0.2) is 5.84 Å². The molecule has 0 amide bonds. The maximum atomic E-state index is 13.8. The monoisotopic (exact) mass is 226 g/mol. The molecule has 5 heteroatoms. The van der Waals surface area contributed by atoms with Crippen molar-refractivity contribution < 1.29 is 14.3 Å². The molecule has 0 radical (unpaired) electrons. The molecule has 1 rings (SSSR count). The predicted octanol–water partition coefficient (Wildman–Crippen LogP) is 1.85. The smallest absolute Gasteiger partial charge is 0.173 e. The zero-order chi connectivity index (χ0) is 12.1. The van der Waals surface area contributed by atoms with Crippen molar-refractivity contribution in [1.29, 1.82) is 0 Å². The minimum Gasteiger partial charge on any atom is -0.409 e. The Morgan fingerprint density at radius 1 is 1.56 bits per heavy atom. The summed E-state index contributed by atoms with van der Waals surface area (Å²) in [4.78, 5) is 0. The van der Waals surface area contributed by atoms with E-state index in [0.29, 0.717) is 5.56 Å². The van der Waals surface area contributed by atoms with E-state index in [0.717, 1.165) is 0 Å². The molecule has 1 aromatic carbocycles. The van der Waals surface area contributed by atoms with E-state index >= 15 is 0 Å². The van der Waals surface area contributed by atoms with Gasteiger partial charge in [0.05, 0.1) is 18.3 Å². The fourth-order valence-corrected chi connectivity index (χ4v) is 1.20. The van der Waals surface area contributed by atoms with Gasteiger partial charge in [-0.1, -0.05) is 17.3 Å². The highest BCUT2D eigenvalue weighted by Gasteiger charge is 2.11. The van der Waals surface area contributed by atoms with Gasteiger partial charge in [0.25, 0.3) is 0 Å². The van der Waals surface area contributed by atoms with Crippen LogP contribution < -0.4 is 5.73 Å². The van der Waals surface area contributed by atoms with Crippen LogP contribution in [0.4, 0.5) is 4.39 Å². The molecule has 88 valence electrons. The number of hydrogen-bond acceptors (Lipinski definition) is 3. The summed E-state index contributed by atoms with van der Waals surface area (Å²) in [6.07, 6.45) is 0.0203. The van der Waals surface area contributed by atoms with Gasteiger partial charge in [0, 0.05) is 5.56 Å². The highest BCUT2D eigenvalue weighted by Crippen LogP contribution is 2.14.